The van der Waals surface area contributed by atoms with E-state index < -0.39 is 12.1 Å². The van der Waals surface area contributed by atoms with Gasteiger partial charge in [0.05, 0.1) is 12.2 Å². The Hall–Kier alpha value is -1.63. The van der Waals surface area contributed by atoms with E-state index in [9.17, 15) is 4.79 Å². The minimum atomic E-state index is -0.952. The maximum absolute atomic E-state index is 11.0. The van der Waals surface area contributed by atoms with Gasteiger partial charge in [-0.05, 0) is 25.8 Å². The second kappa shape index (κ2) is 7.51. The van der Waals surface area contributed by atoms with Gasteiger partial charge < -0.3 is 19.9 Å². The van der Waals surface area contributed by atoms with Crippen molar-refractivity contribution in [2.24, 2.45) is 0 Å². The highest BCUT2D eigenvalue weighted by Crippen LogP contribution is 2.29. The molecule has 2 aliphatic heterocycles. The number of ether oxygens (including phenoxy) is 2. The third kappa shape index (κ3) is 4.06. The Morgan fingerprint density at radius 3 is 2.83 bits per heavy atom. The molecular weight excluding hydrogens is 308 g/mol. The molecule has 2 aliphatic rings. The highest BCUT2D eigenvalue weighted by molar-refractivity contribution is 5.72. The van der Waals surface area contributed by atoms with Gasteiger partial charge in [0, 0.05) is 38.3 Å². The number of carboxylic acids is 1. The van der Waals surface area contributed by atoms with Crippen molar-refractivity contribution in [3.05, 3.63) is 29.8 Å². The maximum Gasteiger partial charge on any atom is 0.344 e. The molecule has 6 nitrogen and oxygen atoms in total. The molecule has 1 aromatic rings. The third-order valence-corrected chi connectivity index (χ3v) is 4.92. The van der Waals surface area contributed by atoms with Crippen LogP contribution in [-0.4, -0.2) is 60.5 Å². The molecule has 2 fully saturated rings. The lowest BCUT2D eigenvalue weighted by Crippen LogP contribution is -2.55. The van der Waals surface area contributed by atoms with Crippen LogP contribution in [0.2, 0.25) is 0 Å². The smallest absolute Gasteiger partial charge is 0.344 e. The van der Waals surface area contributed by atoms with Crippen LogP contribution >= 0.6 is 0 Å². The number of rotatable bonds is 5. The number of nitrogens with one attached hydrogen (secondary N) is 1. The zero-order valence-corrected chi connectivity index (χ0v) is 14.2. The first kappa shape index (κ1) is 17.2. The molecule has 0 aromatic heterocycles. The van der Waals surface area contributed by atoms with Crippen molar-refractivity contribution in [3.8, 4) is 5.75 Å². The molecule has 2 saturated heterocycles. The summed E-state index contributed by atoms with van der Waals surface area (Å²) < 4.78 is 11.6. The summed E-state index contributed by atoms with van der Waals surface area (Å²) in [6.45, 7) is 6.95. The van der Waals surface area contributed by atoms with Crippen molar-refractivity contribution >= 4 is 5.97 Å². The highest BCUT2D eigenvalue weighted by atomic mass is 16.5. The van der Waals surface area contributed by atoms with Gasteiger partial charge in [0.15, 0.2) is 6.10 Å². The number of likely N-dealkylation sites (tertiary alicyclic amines) is 1. The van der Waals surface area contributed by atoms with Crippen LogP contribution in [0.1, 0.15) is 25.3 Å². The zero-order valence-electron chi connectivity index (χ0n) is 14.2. The van der Waals surface area contributed by atoms with E-state index in [4.69, 9.17) is 14.6 Å². The summed E-state index contributed by atoms with van der Waals surface area (Å²) in [5.74, 6) is -0.296. The Morgan fingerprint density at radius 2 is 2.17 bits per heavy atom. The minimum absolute atomic E-state index is 0.00257. The number of para-hydroxylation sites is 1. The van der Waals surface area contributed by atoms with Crippen molar-refractivity contribution < 1.29 is 19.4 Å². The lowest BCUT2D eigenvalue weighted by Gasteiger charge is -2.44. The average molecular weight is 334 g/mol. The number of piperidine rings is 1. The second-order valence-electron chi connectivity index (χ2n) is 6.69. The first-order valence-electron chi connectivity index (χ1n) is 8.62. The van der Waals surface area contributed by atoms with E-state index in [2.05, 4.69) is 10.2 Å². The summed E-state index contributed by atoms with van der Waals surface area (Å²) in [5, 5.41) is 12.5. The molecule has 1 aromatic carbocycles. The number of benzene rings is 1. The molecule has 132 valence electrons. The number of carbonyl (C=O) groups is 1. The highest BCUT2D eigenvalue weighted by Gasteiger charge is 2.36. The van der Waals surface area contributed by atoms with Crippen molar-refractivity contribution in [1.82, 2.24) is 10.2 Å². The van der Waals surface area contributed by atoms with Crippen LogP contribution in [0.3, 0.4) is 0 Å². The number of carboxylic acid groups (broad SMARTS) is 1. The molecule has 0 amide bonds. The molecule has 0 aliphatic carbocycles. The van der Waals surface area contributed by atoms with Crippen LogP contribution in [0.15, 0.2) is 24.3 Å². The van der Waals surface area contributed by atoms with Crippen molar-refractivity contribution in [3.63, 3.8) is 0 Å². The van der Waals surface area contributed by atoms with E-state index in [1.54, 1.807) is 6.92 Å². The van der Waals surface area contributed by atoms with E-state index in [0.717, 1.165) is 57.7 Å². The normalized spacial score (nSPS) is 22.2. The summed E-state index contributed by atoms with van der Waals surface area (Å²) in [6, 6.07) is 7.69. The molecule has 2 heterocycles. The lowest BCUT2D eigenvalue weighted by atomic mass is 9.90. The quantitative estimate of drug-likeness (QED) is 0.850. The Morgan fingerprint density at radius 1 is 1.42 bits per heavy atom. The largest absolute Gasteiger partial charge is 0.479 e. The number of hydrogen-bond donors (Lipinski definition) is 2. The van der Waals surface area contributed by atoms with Gasteiger partial charge in [-0.3, -0.25) is 4.90 Å². The molecule has 0 bridgehead atoms. The zero-order chi connectivity index (χ0) is 17.0. The SMILES string of the molecule is CC(Oc1ccccc1CN1CCC2(CC1)CNCCO2)C(=O)O. The fourth-order valence-corrected chi connectivity index (χ4v) is 3.38. The molecule has 1 atom stereocenters. The van der Waals surface area contributed by atoms with E-state index in [0.29, 0.717) is 5.75 Å². The van der Waals surface area contributed by atoms with Gasteiger partial charge in [0.2, 0.25) is 0 Å². The molecule has 0 saturated carbocycles. The fraction of sp³-hybridized carbons (Fsp3) is 0.611. The van der Waals surface area contributed by atoms with Crippen LogP contribution in [0.25, 0.3) is 0 Å². The molecular formula is C18H26N2O4. The minimum Gasteiger partial charge on any atom is -0.479 e. The Kier molecular flexibility index (Phi) is 5.38. The topological polar surface area (TPSA) is 71.0 Å². The van der Waals surface area contributed by atoms with Gasteiger partial charge in [-0.2, -0.15) is 0 Å². The first-order chi connectivity index (χ1) is 11.6. The Balaban J connectivity index is 1.60. The summed E-state index contributed by atoms with van der Waals surface area (Å²) in [7, 11) is 0. The van der Waals surface area contributed by atoms with Gasteiger partial charge in [0.1, 0.15) is 5.75 Å². The van der Waals surface area contributed by atoms with Gasteiger partial charge in [-0.1, -0.05) is 18.2 Å². The van der Waals surface area contributed by atoms with Gasteiger partial charge in [-0.25, -0.2) is 4.79 Å². The summed E-state index contributed by atoms with van der Waals surface area (Å²) in [5.41, 5.74) is 1.03. The van der Waals surface area contributed by atoms with E-state index >= 15 is 0 Å². The third-order valence-electron chi connectivity index (χ3n) is 4.92. The molecule has 0 radical (unpaired) electrons. The monoisotopic (exact) mass is 334 g/mol. The van der Waals surface area contributed by atoms with Crippen LogP contribution in [-0.2, 0) is 16.1 Å². The molecule has 1 unspecified atom stereocenters. The van der Waals surface area contributed by atoms with Crippen LogP contribution in [0.4, 0.5) is 0 Å². The van der Waals surface area contributed by atoms with Gasteiger partial charge in [0.25, 0.3) is 0 Å². The van der Waals surface area contributed by atoms with E-state index in [-0.39, 0.29) is 5.60 Å². The van der Waals surface area contributed by atoms with Crippen LogP contribution in [0.5, 0.6) is 5.75 Å². The number of aliphatic carboxylic acids is 1. The van der Waals surface area contributed by atoms with Crippen LogP contribution < -0.4 is 10.1 Å². The van der Waals surface area contributed by atoms with E-state index in [1.807, 2.05) is 24.3 Å². The van der Waals surface area contributed by atoms with E-state index in [1.165, 1.54) is 0 Å². The fourth-order valence-electron chi connectivity index (χ4n) is 3.38. The predicted octanol–water partition coefficient (Wildman–Crippen LogP) is 1.49. The maximum atomic E-state index is 11.0. The van der Waals surface area contributed by atoms with Crippen molar-refractivity contribution in [2.75, 3.05) is 32.8 Å². The van der Waals surface area contributed by atoms with Crippen LogP contribution in [0, 0.1) is 0 Å². The molecule has 1 spiro atoms. The van der Waals surface area contributed by atoms with Crippen molar-refractivity contribution in [2.45, 2.75) is 38.0 Å². The predicted molar refractivity (Wildman–Crippen MR) is 90.2 cm³/mol. The molecule has 3 rings (SSSR count). The first-order valence-corrected chi connectivity index (χ1v) is 8.62. The summed E-state index contributed by atoms with van der Waals surface area (Å²) >= 11 is 0. The molecule has 2 N–H and O–H groups in total. The summed E-state index contributed by atoms with van der Waals surface area (Å²) in [6.07, 6.45) is 1.20. The number of morpholine rings is 1. The average Bonchev–Trinajstić information content (AvgIpc) is 2.59. The standard InChI is InChI=1S/C18H26N2O4/c1-14(17(21)22)24-16-5-3-2-4-15(16)12-20-9-6-18(7-10-20)13-19-8-11-23-18/h2-5,14,19H,6-13H2,1H3,(H,21,22). The Bertz CT molecular complexity index is 562. The van der Waals surface area contributed by atoms with Crippen molar-refractivity contribution in [1.29, 1.82) is 0 Å². The number of nitrogens with zero attached hydrogens (tertiary/aromatic N) is 1. The summed E-state index contributed by atoms with van der Waals surface area (Å²) in [4.78, 5) is 13.4. The lowest BCUT2D eigenvalue weighted by molar-refractivity contribution is -0.144. The second-order valence-corrected chi connectivity index (χ2v) is 6.69. The van der Waals surface area contributed by atoms with Gasteiger partial charge >= 0.3 is 5.97 Å². The molecule has 24 heavy (non-hydrogen) atoms. The van der Waals surface area contributed by atoms with Gasteiger partial charge in [-0.15, -0.1) is 0 Å². The Labute approximate surface area is 142 Å². The number of hydrogen-bond acceptors (Lipinski definition) is 5. The molecule has 6 heteroatoms.